The van der Waals surface area contributed by atoms with Crippen molar-refractivity contribution in [3.8, 4) is 10.4 Å². The molecule has 4 rings (SSSR count). The number of hydrogen-bond acceptors (Lipinski definition) is 6. The van der Waals surface area contributed by atoms with Gasteiger partial charge in [0.05, 0.1) is 16.1 Å². The monoisotopic (exact) mass is 435 g/mol. The molecule has 30 heavy (non-hydrogen) atoms. The highest BCUT2D eigenvalue weighted by atomic mass is 32.1. The van der Waals surface area contributed by atoms with Gasteiger partial charge in [0, 0.05) is 18.8 Å². The third-order valence-electron chi connectivity index (χ3n) is 4.75. The molecule has 1 amide bonds. The van der Waals surface area contributed by atoms with Gasteiger partial charge in [0.25, 0.3) is 12.3 Å². The second kappa shape index (κ2) is 7.17. The minimum absolute atomic E-state index is 0.0963. The summed E-state index contributed by atoms with van der Waals surface area (Å²) in [6, 6.07) is 5.72. The Labute approximate surface area is 171 Å². The fraction of sp³-hybridized carbons (Fsp3) is 0.158. The molecule has 6 nitrogen and oxygen atoms in total. The fourth-order valence-electron chi connectivity index (χ4n) is 3.24. The summed E-state index contributed by atoms with van der Waals surface area (Å²) >= 11 is 1.06. The van der Waals surface area contributed by atoms with E-state index >= 15 is 0 Å². The Kier molecular flexibility index (Phi) is 4.77. The van der Waals surface area contributed by atoms with Crippen molar-refractivity contribution in [1.82, 2.24) is 14.9 Å². The summed E-state index contributed by atoms with van der Waals surface area (Å²) in [6.45, 7) is 0. The van der Waals surface area contributed by atoms with Crippen molar-refractivity contribution in [2.75, 3.05) is 7.05 Å². The molecule has 3 heterocycles. The van der Waals surface area contributed by atoms with Gasteiger partial charge in [0.15, 0.2) is 17.6 Å². The Balaban J connectivity index is 2.02. The number of likely N-dealkylation sites (N-methyl/N-ethyl adjacent to an activating group) is 1. The van der Waals surface area contributed by atoms with Gasteiger partial charge < -0.3 is 5.73 Å². The van der Waals surface area contributed by atoms with E-state index in [4.69, 9.17) is 5.73 Å². The van der Waals surface area contributed by atoms with Crippen LogP contribution in [0.3, 0.4) is 0 Å². The van der Waals surface area contributed by atoms with Crippen molar-refractivity contribution >= 4 is 23.2 Å². The number of carbonyl (C=O) groups excluding carboxylic acids is 1. The maximum absolute atomic E-state index is 14.6. The molecule has 1 aliphatic heterocycles. The number of aromatic nitrogens is 2. The third-order valence-corrected chi connectivity index (χ3v) is 5.56. The summed E-state index contributed by atoms with van der Waals surface area (Å²) in [5.41, 5.74) is 4.20. The molecule has 11 heteroatoms. The minimum atomic E-state index is -2.91. The van der Waals surface area contributed by atoms with E-state index in [-0.39, 0.29) is 22.8 Å². The second-order valence-corrected chi connectivity index (χ2v) is 7.36. The van der Waals surface area contributed by atoms with Gasteiger partial charge in [-0.15, -0.1) is 11.3 Å². The summed E-state index contributed by atoms with van der Waals surface area (Å²) < 4.78 is 55.6. The first-order valence-electron chi connectivity index (χ1n) is 8.53. The average Bonchev–Trinajstić information content (AvgIpc) is 3.34. The largest absolute Gasteiger partial charge is 0.369 e. The predicted octanol–water partition coefficient (Wildman–Crippen LogP) is 3.45. The molecule has 2 N–H and O–H groups in total. The van der Waals surface area contributed by atoms with Crippen LogP contribution in [0.4, 0.5) is 17.6 Å². The van der Waals surface area contributed by atoms with Crippen molar-refractivity contribution in [3.05, 3.63) is 70.6 Å². The van der Waals surface area contributed by atoms with Crippen molar-refractivity contribution in [2.24, 2.45) is 10.7 Å². The van der Waals surface area contributed by atoms with Crippen molar-refractivity contribution in [3.63, 3.8) is 0 Å². The number of thiazole rings is 1. The van der Waals surface area contributed by atoms with Crippen LogP contribution in [-0.2, 0) is 10.3 Å². The maximum Gasteiger partial charge on any atom is 0.280 e. The summed E-state index contributed by atoms with van der Waals surface area (Å²) in [5, 5.41) is 0. The topological polar surface area (TPSA) is 84.5 Å². The lowest BCUT2D eigenvalue weighted by molar-refractivity contribution is -0.129. The Morgan fingerprint density at radius 3 is 2.60 bits per heavy atom. The molecule has 0 saturated heterocycles. The zero-order valence-corrected chi connectivity index (χ0v) is 16.1. The molecule has 1 atom stereocenters. The highest BCUT2D eigenvalue weighted by Gasteiger charge is 2.51. The maximum atomic E-state index is 14.6. The first-order valence-corrected chi connectivity index (χ1v) is 9.41. The molecule has 1 aromatic carbocycles. The van der Waals surface area contributed by atoms with Gasteiger partial charge in [0.1, 0.15) is 5.69 Å². The Morgan fingerprint density at radius 1 is 1.23 bits per heavy atom. The molecular weight excluding hydrogens is 422 g/mol. The molecule has 0 spiro atoms. The first kappa shape index (κ1) is 20.0. The van der Waals surface area contributed by atoms with Gasteiger partial charge in [-0.2, -0.15) is 0 Å². The Bertz CT molecular complexity index is 1170. The van der Waals surface area contributed by atoms with Crippen LogP contribution < -0.4 is 5.73 Å². The average molecular weight is 435 g/mol. The van der Waals surface area contributed by atoms with Gasteiger partial charge in [-0.1, -0.05) is 6.07 Å². The number of nitrogens with two attached hydrogens (primary N) is 1. The normalized spacial score (nSPS) is 18.9. The second-order valence-electron chi connectivity index (χ2n) is 6.48. The number of aliphatic imine (C=N–C) groups is 1. The number of carbonyl (C=O) groups is 1. The number of alkyl halides is 2. The van der Waals surface area contributed by atoms with Gasteiger partial charge in [-0.25, -0.2) is 27.5 Å². The Morgan fingerprint density at radius 2 is 2.00 bits per heavy atom. The smallest absolute Gasteiger partial charge is 0.280 e. The number of nitrogens with zero attached hydrogens (tertiary/aromatic N) is 4. The van der Waals surface area contributed by atoms with Crippen LogP contribution in [0.1, 0.15) is 23.4 Å². The zero-order chi connectivity index (χ0) is 21.6. The highest BCUT2D eigenvalue weighted by Crippen LogP contribution is 2.41. The van der Waals surface area contributed by atoms with Crippen LogP contribution in [0.15, 0.2) is 47.0 Å². The SMILES string of the molecule is CN1C(=O)C(c2cc(F)c(F)c(-c3cncs3)c2)(c2cccc(C(F)F)n2)N=C1N. The van der Waals surface area contributed by atoms with Crippen LogP contribution in [0.5, 0.6) is 0 Å². The van der Waals surface area contributed by atoms with Gasteiger partial charge in [-0.05, 0) is 29.8 Å². The lowest BCUT2D eigenvalue weighted by atomic mass is 9.84. The molecule has 1 aliphatic rings. The first-order chi connectivity index (χ1) is 14.3. The molecule has 0 fully saturated rings. The lowest BCUT2D eigenvalue weighted by Crippen LogP contribution is -2.41. The van der Waals surface area contributed by atoms with Crippen molar-refractivity contribution in [1.29, 1.82) is 0 Å². The molecule has 0 radical (unpaired) electrons. The third kappa shape index (κ3) is 2.93. The number of guanidine groups is 1. The predicted molar refractivity (Wildman–Crippen MR) is 102 cm³/mol. The molecule has 0 bridgehead atoms. The van der Waals surface area contributed by atoms with Gasteiger partial charge in [0.2, 0.25) is 5.54 Å². The van der Waals surface area contributed by atoms with Crippen LogP contribution >= 0.6 is 11.3 Å². The van der Waals surface area contributed by atoms with Gasteiger partial charge in [-0.3, -0.25) is 14.7 Å². The van der Waals surface area contributed by atoms with Crippen molar-refractivity contribution in [2.45, 2.75) is 12.0 Å². The molecule has 3 aromatic rings. The van der Waals surface area contributed by atoms with E-state index in [1.807, 2.05) is 0 Å². The van der Waals surface area contributed by atoms with Gasteiger partial charge >= 0.3 is 0 Å². The summed E-state index contributed by atoms with van der Waals surface area (Å²) in [7, 11) is 1.34. The molecule has 1 unspecified atom stereocenters. The fourth-order valence-corrected chi connectivity index (χ4v) is 3.88. The number of benzene rings is 1. The zero-order valence-electron chi connectivity index (χ0n) is 15.3. The molecule has 0 aliphatic carbocycles. The van der Waals surface area contributed by atoms with E-state index in [1.165, 1.54) is 37.0 Å². The summed E-state index contributed by atoms with van der Waals surface area (Å²) in [4.78, 5) is 26.4. The van der Waals surface area contributed by atoms with E-state index < -0.39 is 35.2 Å². The number of rotatable bonds is 4. The van der Waals surface area contributed by atoms with Crippen LogP contribution in [0.25, 0.3) is 10.4 Å². The number of amides is 1. The quantitative estimate of drug-likeness (QED) is 0.637. The highest BCUT2D eigenvalue weighted by molar-refractivity contribution is 7.13. The molecule has 2 aromatic heterocycles. The number of pyridine rings is 1. The number of hydrogen-bond donors (Lipinski definition) is 1. The van der Waals surface area contributed by atoms with Crippen LogP contribution in [0.2, 0.25) is 0 Å². The molecule has 0 saturated carbocycles. The molecule has 154 valence electrons. The minimum Gasteiger partial charge on any atom is -0.369 e. The van der Waals surface area contributed by atoms with E-state index in [1.54, 1.807) is 0 Å². The summed E-state index contributed by atoms with van der Waals surface area (Å²) in [5.74, 6) is -3.33. The Hall–Kier alpha value is -3.34. The standard InChI is InChI=1S/C19H13F4N5OS/c1-28-17(29)19(27-18(28)24,14-4-2-3-12(26-14)16(22)23)9-5-10(13-7-25-8-30-13)15(21)11(20)6-9/h2-8,16H,1H3,(H2,24,27). The van der Waals surface area contributed by atoms with Crippen LogP contribution in [0, 0.1) is 11.6 Å². The van der Waals surface area contributed by atoms with Crippen LogP contribution in [-0.4, -0.2) is 33.8 Å². The number of halogens is 4. The van der Waals surface area contributed by atoms with E-state index in [0.29, 0.717) is 4.88 Å². The van der Waals surface area contributed by atoms with Crippen molar-refractivity contribution < 1.29 is 22.4 Å². The summed E-state index contributed by atoms with van der Waals surface area (Å²) in [6.07, 6.45) is -1.57. The van der Waals surface area contributed by atoms with E-state index in [2.05, 4.69) is 15.0 Å². The lowest BCUT2D eigenvalue weighted by Gasteiger charge is -2.26. The van der Waals surface area contributed by atoms with E-state index in [0.717, 1.165) is 28.4 Å². The van der Waals surface area contributed by atoms with E-state index in [9.17, 15) is 22.4 Å². The molecular formula is C19H13F4N5OS.